The lowest BCUT2D eigenvalue weighted by Gasteiger charge is -2.11. The van der Waals surface area contributed by atoms with Gasteiger partial charge in [0.05, 0.1) is 11.6 Å². The molecule has 2 aromatic rings. The van der Waals surface area contributed by atoms with Crippen LogP contribution < -0.4 is 4.74 Å². The second kappa shape index (κ2) is 5.85. The highest BCUT2D eigenvalue weighted by molar-refractivity contribution is 6.32. The molecule has 0 unspecified atom stereocenters. The molecule has 0 saturated carbocycles. The Hall–Kier alpha value is -1.58. The van der Waals surface area contributed by atoms with Crippen LogP contribution in [0.15, 0.2) is 42.5 Å². The van der Waals surface area contributed by atoms with Crippen LogP contribution in [-0.2, 0) is 13.2 Å². The fourth-order valence-electron chi connectivity index (χ4n) is 1.57. The fourth-order valence-corrected chi connectivity index (χ4v) is 1.84. The Morgan fingerprint density at radius 2 is 1.83 bits per heavy atom. The van der Waals surface area contributed by atoms with E-state index in [1.54, 1.807) is 0 Å². The van der Waals surface area contributed by atoms with Crippen molar-refractivity contribution in [3.8, 4) is 5.75 Å². The first kappa shape index (κ1) is 12.9. The van der Waals surface area contributed by atoms with Crippen LogP contribution in [0.3, 0.4) is 0 Å². The van der Waals surface area contributed by atoms with Crippen LogP contribution in [0, 0.1) is 5.82 Å². The predicted molar refractivity (Wildman–Crippen MR) is 68.1 cm³/mol. The number of aliphatic hydroxyl groups is 1. The molecule has 4 heteroatoms. The maximum absolute atomic E-state index is 13.3. The van der Waals surface area contributed by atoms with E-state index in [0.29, 0.717) is 12.4 Å². The lowest BCUT2D eigenvalue weighted by Crippen LogP contribution is -1.99. The van der Waals surface area contributed by atoms with Gasteiger partial charge in [0, 0.05) is 5.56 Å². The molecule has 18 heavy (non-hydrogen) atoms. The van der Waals surface area contributed by atoms with Crippen molar-refractivity contribution in [1.29, 1.82) is 0 Å². The van der Waals surface area contributed by atoms with Crippen molar-refractivity contribution in [2.24, 2.45) is 0 Å². The molecule has 0 aliphatic carbocycles. The minimum Gasteiger partial charge on any atom is -0.487 e. The van der Waals surface area contributed by atoms with E-state index in [4.69, 9.17) is 21.4 Å². The van der Waals surface area contributed by atoms with Gasteiger partial charge in [0.1, 0.15) is 18.2 Å². The average Bonchev–Trinajstić information content (AvgIpc) is 2.40. The van der Waals surface area contributed by atoms with Crippen molar-refractivity contribution in [1.82, 2.24) is 0 Å². The van der Waals surface area contributed by atoms with Gasteiger partial charge in [0.25, 0.3) is 0 Å². The Labute approximate surface area is 110 Å². The van der Waals surface area contributed by atoms with Crippen LogP contribution in [0.25, 0.3) is 0 Å². The summed E-state index contributed by atoms with van der Waals surface area (Å²) in [5.74, 6) is -0.166. The summed E-state index contributed by atoms with van der Waals surface area (Å²) in [6, 6.07) is 12.3. The molecule has 1 N–H and O–H groups in total. The van der Waals surface area contributed by atoms with Crippen LogP contribution in [0.5, 0.6) is 5.75 Å². The van der Waals surface area contributed by atoms with Crippen LogP contribution >= 0.6 is 11.6 Å². The highest BCUT2D eigenvalue weighted by atomic mass is 35.5. The van der Waals surface area contributed by atoms with Crippen molar-refractivity contribution in [3.05, 3.63) is 64.4 Å². The Morgan fingerprint density at radius 1 is 1.11 bits per heavy atom. The minimum absolute atomic E-state index is 0.0576. The normalized spacial score (nSPS) is 10.4. The van der Waals surface area contributed by atoms with Crippen molar-refractivity contribution < 1.29 is 14.2 Å². The average molecular weight is 267 g/mol. The van der Waals surface area contributed by atoms with Gasteiger partial charge in [0.2, 0.25) is 0 Å². The lowest BCUT2D eigenvalue weighted by atomic mass is 10.2. The van der Waals surface area contributed by atoms with Crippen molar-refractivity contribution in [2.75, 3.05) is 0 Å². The molecule has 0 spiro atoms. The third kappa shape index (κ3) is 2.81. The first-order chi connectivity index (χ1) is 8.72. The van der Waals surface area contributed by atoms with Gasteiger partial charge in [-0.05, 0) is 17.7 Å². The van der Waals surface area contributed by atoms with E-state index in [1.807, 2.05) is 30.3 Å². The van der Waals surface area contributed by atoms with Gasteiger partial charge >= 0.3 is 0 Å². The molecule has 0 saturated heterocycles. The summed E-state index contributed by atoms with van der Waals surface area (Å²) in [6.07, 6.45) is 0. The standard InChI is InChI=1S/C14H12ClFO2/c15-14-11(8-17)12(16)6-7-13(14)18-9-10-4-2-1-3-5-10/h1-7,17H,8-9H2. The molecule has 0 aliphatic heterocycles. The molecule has 2 nitrogen and oxygen atoms in total. The number of aliphatic hydroxyl groups excluding tert-OH is 1. The van der Waals surface area contributed by atoms with Gasteiger partial charge in [-0.25, -0.2) is 4.39 Å². The van der Waals surface area contributed by atoms with Crippen molar-refractivity contribution in [3.63, 3.8) is 0 Å². The van der Waals surface area contributed by atoms with E-state index in [1.165, 1.54) is 12.1 Å². The fraction of sp³-hybridized carbons (Fsp3) is 0.143. The van der Waals surface area contributed by atoms with E-state index in [2.05, 4.69) is 0 Å². The van der Waals surface area contributed by atoms with Crippen molar-refractivity contribution in [2.45, 2.75) is 13.2 Å². The Kier molecular flexibility index (Phi) is 4.18. The zero-order chi connectivity index (χ0) is 13.0. The summed E-state index contributed by atoms with van der Waals surface area (Å²) in [5.41, 5.74) is 1.05. The molecule has 0 heterocycles. The lowest BCUT2D eigenvalue weighted by molar-refractivity contribution is 0.272. The summed E-state index contributed by atoms with van der Waals surface area (Å²) in [6.45, 7) is -0.107. The SMILES string of the molecule is OCc1c(F)ccc(OCc2ccccc2)c1Cl. The molecular weight excluding hydrogens is 255 g/mol. The highest BCUT2D eigenvalue weighted by Crippen LogP contribution is 2.30. The molecule has 2 rings (SSSR count). The van der Waals surface area contributed by atoms with Gasteiger partial charge in [-0.1, -0.05) is 41.9 Å². The molecule has 0 aromatic heterocycles. The topological polar surface area (TPSA) is 29.5 Å². The number of benzene rings is 2. The number of hydrogen-bond donors (Lipinski definition) is 1. The number of rotatable bonds is 4. The monoisotopic (exact) mass is 266 g/mol. The molecule has 0 fully saturated rings. The largest absolute Gasteiger partial charge is 0.487 e. The Morgan fingerprint density at radius 3 is 2.50 bits per heavy atom. The summed E-state index contributed by atoms with van der Waals surface area (Å²) in [7, 11) is 0. The maximum atomic E-state index is 13.3. The molecule has 0 bridgehead atoms. The molecule has 2 aromatic carbocycles. The van der Waals surface area contributed by atoms with Gasteiger partial charge < -0.3 is 9.84 Å². The van der Waals surface area contributed by atoms with Crippen LogP contribution in [0.2, 0.25) is 5.02 Å². The van der Waals surface area contributed by atoms with Gasteiger partial charge in [-0.2, -0.15) is 0 Å². The van der Waals surface area contributed by atoms with Crippen molar-refractivity contribution >= 4 is 11.6 Å². The summed E-state index contributed by atoms with van der Waals surface area (Å²) < 4.78 is 18.8. The molecule has 94 valence electrons. The van der Waals surface area contributed by atoms with E-state index >= 15 is 0 Å². The first-order valence-electron chi connectivity index (χ1n) is 5.47. The smallest absolute Gasteiger partial charge is 0.138 e. The molecule has 0 aliphatic rings. The Balaban J connectivity index is 2.15. The molecular formula is C14H12ClFO2. The van der Waals surface area contributed by atoms with Crippen LogP contribution in [0.4, 0.5) is 4.39 Å². The zero-order valence-corrected chi connectivity index (χ0v) is 10.3. The van der Waals surface area contributed by atoms with E-state index in [0.717, 1.165) is 5.56 Å². The zero-order valence-electron chi connectivity index (χ0n) is 9.57. The van der Waals surface area contributed by atoms with E-state index in [9.17, 15) is 4.39 Å². The minimum atomic E-state index is -0.533. The second-order valence-electron chi connectivity index (χ2n) is 3.77. The van der Waals surface area contributed by atoms with Gasteiger partial charge in [-0.3, -0.25) is 0 Å². The summed E-state index contributed by atoms with van der Waals surface area (Å²) >= 11 is 5.96. The van der Waals surface area contributed by atoms with E-state index < -0.39 is 12.4 Å². The maximum Gasteiger partial charge on any atom is 0.138 e. The molecule has 0 atom stereocenters. The van der Waals surface area contributed by atoms with Crippen LogP contribution in [-0.4, -0.2) is 5.11 Å². The third-order valence-corrected chi connectivity index (χ3v) is 2.96. The number of hydrogen-bond acceptors (Lipinski definition) is 2. The van der Waals surface area contributed by atoms with Gasteiger partial charge in [-0.15, -0.1) is 0 Å². The molecule has 0 amide bonds. The summed E-state index contributed by atoms with van der Waals surface area (Å²) in [5, 5.41) is 9.15. The quantitative estimate of drug-likeness (QED) is 0.917. The third-order valence-electron chi connectivity index (χ3n) is 2.55. The van der Waals surface area contributed by atoms with Gasteiger partial charge in [0.15, 0.2) is 0 Å². The van der Waals surface area contributed by atoms with E-state index in [-0.39, 0.29) is 10.6 Å². The second-order valence-corrected chi connectivity index (χ2v) is 4.15. The number of ether oxygens (including phenoxy) is 1. The predicted octanol–water partition coefficient (Wildman–Crippen LogP) is 3.55. The molecule has 0 radical (unpaired) electrons. The summed E-state index contributed by atoms with van der Waals surface area (Å²) in [4.78, 5) is 0. The Bertz CT molecular complexity index is 529. The van der Waals surface area contributed by atoms with Crippen LogP contribution in [0.1, 0.15) is 11.1 Å². The first-order valence-corrected chi connectivity index (χ1v) is 5.84. The highest BCUT2D eigenvalue weighted by Gasteiger charge is 2.12. The number of halogens is 2.